The number of aliphatic hydroxyl groups excluding tert-OH is 1. The van der Waals surface area contributed by atoms with Crippen LogP contribution in [0.4, 0.5) is 21.5 Å². The summed E-state index contributed by atoms with van der Waals surface area (Å²) in [6.07, 6.45) is 0.817. The molecule has 1 aliphatic heterocycles. The summed E-state index contributed by atoms with van der Waals surface area (Å²) in [6.45, 7) is 1.34. The molecule has 0 bridgehead atoms. The van der Waals surface area contributed by atoms with E-state index in [-0.39, 0.29) is 28.9 Å². The van der Waals surface area contributed by atoms with Gasteiger partial charge in [0.2, 0.25) is 0 Å². The number of hydrogen-bond donors (Lipinski definition) is 3. The molecule has 5 N–H and O–H groups in total. The van der Waals surface area contributed by atoms with Crippen LogP contribution in [0.25, 0.3) is 0 Å². The number of aliphatic hydroxyl groups is 1. The number of anilines is 3. The Morgan fingerprint density at radius 2 is 2.18 bits per heavy atom. The molecule has 1 aromatic carbocycles. The molecule has 0 amide bonds. The van der Waals surface area contributed by atoms with Crippen LogP contribution in [0.15, 0.2) is 6.07 Å². The standard InChI is InChI=1S/C11H15ClFN3O/c12-9-7(14)3-8(15)11(10(9)13)16-2-1-6(4-16)5-17/h3,6,17H,1-2,4-5,14-15H2. The number of benzene rings is 1. The Hall–Kier alpha value is -1.20. The van der Waals surface area contributed by atoms with Crippen molar-refractivity contribution in [2.45, 2.75) is 6.42 Å². The fourth-order valence-electron chi connectivity index (χ4n) is 2.16. The van der Waals surface area contributed by atoms with E-state index >= 15 is 0 Å². The van der Waals surface area contributed by atoms with Crippen LogP contribution in [0.2, 0.25) is 5.02 Å². The molecule has 1 fully saturated rings. The highest BCUT2D eigenvalue weighted by molar-refractivity contribution is 6.33. The third-order valence-corrected chi connectivity index (χ3v) is 3.48. The van der Waals surface area contributed by atoms with Gasteiger partial charge in [-0.15, -0.1) is 0 Å². The maximum Gasteiger partial charge on any atom is 0.169 e. The molecule has 0 aromatic heterocycles. The van der Waals surface area contributed by atoms with Crippen LogP contribution < -0.4 is 16.4 Å². The first kappa shape index (κ1) is 12.3. The number of halogens is 2. The summed E-state index contributed by atoms with van der Waals surface area (Å²) >= 11 is 5.77. The van der Waals surface area contributed by atoms with Gasteiger partial charge in [-0.25, -0.2) is 4.39 Å². The van der Waals surface area contributed by atoms with E-state index in [2.05, 4.69) is 0 Å². The van der Waals surface area contributed by atoms with E-state index in [1.807, 2.05) is 0 Å². The van der Waals surface area contributed by atoms with Gasteiger partial charge in [-0.05, 0) is 12.5 Å². The van der Waals surface area contributed by atoms with Gasteiger partial charge in [-0.3, -0.25) is 0 Å². The van der Waals surface area contributed by atoms with Crippen molar-refractivity contribution in [3.63, 3.8) is 0 Å². The summed E-state index contributed by atoms with van der Waals surface area (Å²) in [7, 11) is 0. The Morgan fingerprint density at radius 1 is 1.47 bits per heavy atom. The highest BCUT2D eigenvalue weighted by Gasteiger charge is 2.27. The fraction of sp³-hybridized carbons (Fsp3) is 0.455. The lowest BCUT2D eigenvalue weighted by Gasteiger charge is -2.22. The van der Waals surface area contributed by atoms with Gasteiger partial charge < -0.3 is 21.5 Å². The van der Waals surface area contributed by atoms with Gasteiger partial charge in [-0.1, -0.05) is 11.6 Å². The van der Waals surface area contributed by atoms with Crippen molar-refractivity contribution in [3.8, 4) is 0 Å². The number of hydrogen-bond acceptors (Lipinski definition) is 4. The molecule has 0 aliphatic carbocycles. The molecule has 4 nitrogen and oxygen atoms in total. The van der Waals surface area contributed by atoms with E-state index in [0.717, 1.165) is 6.42 Å². The molecule has 1 aromatic rings. The van der Waals surface area contributed by atoms with Gasteiger partial charge in [0.25, 0.3) is 0 Å². The Labute approximate surface area is 104 Å². The van der Waals surface area contributed by atoms with Crippen LogP contribution in [0.1, 0.15) is 6.42 Å². The van der Waals surface area contributed by atoms with Crippen molar-refractivity contribution in [1.82, 2.24) is 0 Å². The lowest BCUT2D eigenvalue weighted by Crippen LogP contribution is -2.23. The van der Waals surface area contributed by atoms with Crippen LogP contribution in [-0.4, -0.2) is 24.8 Å². The first-order chi connectivity index (χ1) is 8.04. The van der Waals surface area contributed by atoms with E-state index in [9.17, 15) is 4.39 Å². The molecule has 17 heavy (non-hydrogen) atoms. The van der Waals surface area contributed by atoms with Gasteiger partial charge in [0.1, 0.15) is 5.02 Å². The smallest absolute Gasteiger partial charge is 0.169 e. The van der Waals surface area contributed by atoms with E-state index in [1.54, 1.807) is 4.90 Å². The van der Waals surface area contributed by atoms with Crippen molar-refractivity contribution in [2.24, 2.45) is 5.92 Å². The Morgan fingerprint density at radius 3 is 2.76 bits per heavy atom. The van der Waals surface area contributed by atoms with E-state index in [4.69, 9.17) is 28.2 Å². The van der Waals surface area contributed by atoms with Gasteiger partial charge in [0.05, 0.1) is 17.1 Å². The average molecular weight is 260 g/mol. The third-order valence-electron chi connectivity index (χ3n) is 3.10. The van der Waals surface area contributed by atoms with Crippen LogP contribution >= 0.6 is 11.6 Å². The molecule has 94 valence electrons. The molecule has 1 saturated heterocycles. The third kappa shape index (κ3) is 2.12. The second-order valence-electron chi connectivity index (χ2n) is 4.31. The topological polar surface area (TPSA) is 75.5 Å². The first-order valence-corrected chi connectivity index (χ1v) is 5.81. The fourth-order valence-corrected chi connectivity index (χ4v) is 2.31. The molecule has 6 heteroatoms. The number of rotatable bonds is 2. The van der Waals surface area contributed by atoms with E-state index in [1.165, 1.54) is 6.07 Å². The molecule has 1 unspecified atom stereocenters. The largest absolute Gasteiger partial charge is 0.397 e. The molecule has 1 atom stereocenters. The molecule has 1 aliphatic rings. The zero-order valence-electron chi connectivity index (χ0n) is 9.29. The predicted molar refractivity (Wildman–Crippen MR) is 67.6 cm³/mol. The van der Waals surface area contributed by atoms with Crippen molar-refractivity contribution < 1.29 is 9.50 Å². The van der Waals surface area contributed by atoms with E-state index in [0.29, 0.717) is 18.8 Å². The predicted octanol–water partition coefficient (Wildman–Crippen LogP) is 1.46. The summed E-state index contributed by atoms with van der Waals surface area (Å²) in [6, 6.07) is 1.47. The van der Waals surface area contributed by atoms with Gasteiger partial charge >= 0.3 is 0 Å². The SMILES string of the molecule is Nc1cc(N)c(N2CCC(CO)C2)c(F)c1Cl. The monoisotopic (exact) mass is 259 g/mol. The zero-order valence-corrected chi connectivity index (χ0v) is 10.0. The number of nitrogens with two attached hydrogens (primary N) is 2. The lowest BCUT2D eigenvalue weighted by molar-refractivity contribution is 0.238. The molecule has 0 saturated carbocycles. The molecule has 0 spiro atoms. The Bertz CT molecular complexity index is 441. The molecule has 0 radical (unpaired) electrons. The number of nitrogens with zero attached hydrogens (tertiary/aromatic N) is 1. The first-order valence-electron chi connectivity index (χ1n) is 5.43. The average Bonchev–Trinajstić information content (AvgIpc) is 2.74. The molecule has 1 heterocycles. The Kier molecular flexibility index (Phi) is 3.31. The highest BCUT2D eigenvalue weighted by Crippen LogP contribution is 2.38. The highest BCUT2D eigenvalue weighted by atomic mass is 35.5. The maximum absolute atomic E-state index is 14.0. The molecule has 2 rings (SSSR count). The Balaban J connectivity index is 2.36. The summed E-state index contributed by atoms with van der Waals surface area (Å²) in [5, 5.41) is 8.97. The minimum Gasteiger partial charge on any atom is -0.397 e. The minimum absolute atomic E-state index is 0.0957. The maximum atomic E-state index is 14.0. The van der Waals surface area contributed by atoms with Crippen molar-refractivity contribution in [1.29, 1.82) is 0 Å². The van der Waals surface area contributed by atoms with Gasteiger partial charge in [-0.2, -0.15) is 0 Å². The van der Waals surface area contributed by atoms with Crippen molar-refractivity contribution in [2.75, 3.05) is 36.1 Å². The molecular formula is C11H15ClFN3O. The quantitative estimate of drug-likeness (QED) is 0.703. The van der Waals surface area contributed by atoms with Crippen molar-refractivity contribution in [3.05, 3.63) is 16.9 Å². The van der Waals surface area contributed by atoms with Crippen LogP contribution in [0.5, 0.6) is 0 Å². The molecular weight excluding hydrogens is 245 g/mol. The van der Waals surface area contributed by atoms with Crippen LogP contribution in [0, 0.1) is 11.7 Å². The van der Waals surface area contributed by atoms with Crippen LogP contribution in [0.3, 0.4) is 0 Å². The summed E-state index contributed by atoms with van der Waals surface area (Å²) < 4.78 is 14.0. The second-order valence-corrected chi connectivity index (χ2v) is 4.69. The normalized spacial score (nSPS) is 19.9. The number of nitrogen functional groups attached to an aromatic ring is 2. The lowest BCUT2D eigenvalue weighted by atomic mass is 10.1. The summed E-state index contributed by atoms with van der Waals surface area (Å²) in [4.78, 5) is 1.80. The summed E-state index contributed by atoms with van der Waals surface area (Å²) in [5.74, 6) is -0.423. The minimum atomic E-state index is -0.581. The summed E-state index contributed by atoms with van der Waals surface area (Å²) in [5.41, 5.74) is 12.0. The van der Waals surface area contributed by atoms with Crippen molar-refractivity contribution >= 4 is 28.7 Å². The van der Waals surface area contributed by atoms with Gasteiger partial charge in [0.15, 0.2) is 5.82 Å². The van der Waals surface area contributed by atoms with Crippen LogP contribution in [-0.2, 0) is 0 Å². The zero-order chi connectivity index (χ0) is 12.6. The second kappa shape index (κ2) is 4.58. The van der Waals surface area contributed by atoms with E-state index < -0.39 is 5.82 Å². The van der Waals surface area contributed by atoms with Gasteiger partial charge in [0, 0.05) is 25.6 Å².